The summed E-state index contributed by atoms with van der Waals surface area (Å²) in [6.07, 6.45) is 0.568. The van der Waals surface area contributed by atoms with E-state index >= 15 is 0 Å². The van der Waals surface area contributed by atoms with E-state index in [0.29, 0.717) is 5.02 Å². The van der Waals surface area contributed by atoms with Crippen LogP contribution in [0.3, 0.4) is 0 Å². The molecule has 1 aromatic rings. The van der Waals surface area contributed by atoms with Crippen LogP contribution in [0.4, 0.5) is 0 Å². The first-order valence-corrected chi connectivity index (χ1v) is 7.13. The van der Waals surface area contributed by atoms with E-state index in [4.69, 9.17) is 11.6 Å². The van der Waals surface area contributed by atoms with Crippen molar-refractivity contribution in [2.24, 2.45) is 5.92 Å². The summed E-state index contributed by atoms with van der Waals surface area (Å²) in [6, 6.07) is 5.34. The molecule has 0 radical (unpaired) electrons. The maximum atomic E-state index is 10.8. The lowest BCUT2D eigenvalue weighted by Crippen LogP contribution is -2.05. The van der Waals surface area contributed by atoms with Gasteiger partial charge >= 0.3 is 0 Å². The second kappa shape index (κ2) is 5.06. The van der Waals surface area contributed by atoms with Gasteiger partial charge in [-0.1, -0.05) is 28.7 Å². The molecule has 1 aliphatic carbocycles. The van der Waals surface area contributed by atoms with Crippen molar-refractivity contribution in [3.05, 3.63) is 34.3 Å². The van der Waals surface area contributed by atoms with Crippen LogP contribution in [-0.4, -0.2) is 20.0 Å². The van der Waals surface area contributed by atoms with Crippen molar-refractivity contribution in [3.8, 4) is 0 Å². The molecular formula is C12H14ClO3S-. The summed E-state index contributed by atoms with van der Waals surface area (Å²) >= 11 is 3.76. The predicted octanol–water partition coefficient (Wildman–Crippen LogP) is 2.20. The van der Waals surface area contributed by atoms with Gasteiger partial charge in [-0.3, -0.25) is 4.21 Å². The molecule has 5 heteroatoms. The maximum absolute atomic E-state index is 10.8. The monoisotopic (exact) mass is 273 g/mol. The van der Waals surface area contributed by atoms with E-state index in [-0.39, 0.29) is 23.7 Å². The molecule has 0 aliphatic heterocycles. The number of hydrogen-bond acceptors (Lipinski definition) is 3. The average Bonchev–Trinajstić information content (AvgIpc) is 2.96. The molecule has 1 saturated carbocycles. The highest BCUT2D eigenvalue weighted by atomic mass is 35.5. The Morgan fingerprint density at radius 1 is 1.65 bits per heavy atom. The zero-order chi connectivity index (χ0) is 12.6. The molecule has 1 aliphatic rings. The van der Waals surface area contributed by atoms with E-state index in [1.54, 1.807) is 19.1 Å². The molecule has 0 amide bonds. The van der Waals surface area contributed by atoms with Crippen LogP contribution in [0.5, 0.6) is 0 Å². The van der Waals surface area contributed by atoms with Gasteiger partial charge in [0.25, 0.3) is 0 Å². The smallest absolute Gasteiger partial charge is 0.0546 e. The molecule has 3 nitrogen and oxygen atoms in total. The summed E-state index contributed by atoms with van der Waals surface area (Å²) in [5, 5.41) is 10.0. The molecule has 17 heavy (non-hydrogen) atoms. The van der Waals surface area contributed by atoms with Gasteiger partial charge in [0.2, 0.25) is 0 Å². The third kappa shape index (κ3) is 3.07. The fourth-order valence-electron chi connectivity index (χ4n) is 2.29. The lowest BCUT2D eigenvalue weighted by molar-refractivity contribution is 0.169. The molecule has 0 heterocycles. The standard InChI is InChI=1S/C12H15ClO3S/c1-7(14)11-5-12(11)10-3-2-9(13)4-8(10)6-17(15)16/h2-4,7,11-12,14H,5-6H2,1H3,(H,15,16)/p-1. The first kappa shape index (κ1) is 13.0. The largest absolute Gasteiger partial charge is 0.772 e. The van der Waals surface area contributed by atoms with Gasteiger partial charge in [-0.2, -0.15) is 0 Å². The van der Waals surface area contributed by atoms with Crippen molar-refractivity contribution in [3.63, 3.8) is 0 Å². The number of halogens is 1. The third-order valence-corrected chi connectivity index (χ3v) is 4.02. The second-order valence-corrected chi connectivity index (χ2v) is 5.87. The van der Waals surface area contributed by atoms with E-state index in [9.17, 15) is 13.9 Å². The van der Waals surface area contributed by atoms with E-state index in [1.807, 2.05) is 6.07 Å². The van der Waals surface area contributed by atoms with E-state index in [1.165, 1.54) is 0 Å². The van der Waals surface area contributed by atoms with Crippen LogP contribution in [0, 0.1) is 5.92 Å². The van der Waals surface area contributed by atoms with Gasteiger partial charge in [0.05, 0.1) is 6.10 Å². The Morgan fingerprint density at radius 3 is 2.88 bits per heavy atom. The first-order valence-electron chi connectivity index (χ1n) is 5.51. The van der Waals surface area contributed by atoms with Crippen LogP contribution in [0.25, 0.3) is 0 Å². The van der Waals surface area contributed by atoms with Gasteiger partial charge < -0.3 is 9.66 Å². The van der Waals surface area contributed by atoms with Crippen molar-refractivity contribution in [2.75, 3.05) is 0 Å². The molecule has 1 aromatic carbocycles. The molecular weight excluding hydrogens is 260 g/mol. The van der Waals surface area contributed by atoms with E-state index in [2.05, 4.69) is 0 Å². The molecule has 4 atom stereocenters. The highest BCUT2D eigenvalue weighted by molar-refractivity contribution is 7.78. The summed E-state index contributed by atoms with van der Waals surface area (Å²) in [5.74, 6) is 0.500. The summed E-state index contributed by atoms with van der Waals surface area (Å²) in [6.45, 7) is 1.77. The quantitative estimate of drug-likeness (QED) is 0.856. The van der Waals surface area contributed by atoms with E-state index < -0.39 is 11.1 Å². The Balaban J connectivity index is 2.25. The Morgan fingerprint density at radius 2 is 2.35 bits per heavy atom. The zero-order valence-electron chi connectivity index (χ0n) is 9.43. The van der Waals surface area contributed by atoms with Gasteiger partial charge in [-0.25, -0.2) is 0 Å². The molecule has 4 unspecified atom stereocenters. The van der Waals surface area contributed by atoms with Gasteiger partial charge in [0.15, 0.2) is 0 Å². The lowest BCUT2D eigenvalue weighted by Gasteiger charge is -2.12. The van der Waals surface area contributed by atoms with Crippen molar-refractivity contribution >= 4 is 22.7 Å². The Labute approximate surface area is 108 Å². The Kier molecular flexibility index (Phi) is 3.88. The summed E-state index contributed by atoms with van der Waals surface area (Å²) in [7, 11) is 0. The van der Waals surface area contributed by atoms with Crippen LogP contribution in [0.2, 0.25) is 5.02 Å². The summed E-state index contributed by atoms with van der Waals surface area (Å²) < 4.78 is 21.6. The molecule has 0 bridgehead atoms. The van der Waals surface area contributed by atoms with Crippen molar-refractivity contribution in [1.29, 1.82) is 0 Å². The van der Waals surface area contributed by atoms with Crippen LogP contribution in [0.15, 0.2) is 18.2 Å². The number of aliphatic hydroxyl groups excluding tert-OH is 1. The number of rotatable bonds is 4. The minimum Gasteiger partial charge on any atom is -0.772 e. The fourth-order valence-corrected chi connectivity index (χ4v) is 2.99. The van der Waals surface area contributed by atoms with Crippen LogP contribution in [0.1, 0.15) is 30.4 Å². The predicted molar refractivity (Wildman–Crippen MR) is 66.6 cm³/mol. The minimum atomic E-state index is -2.12. The highest BCUT2D eigenvalue weighted by Crippen LogP contribution is 2.50. The normalized spacial score (nSPS) is 26.6. The SMILES string of the molecule is CC(O)C1CC1c1ccc(Cl)cc1CS(=O)[O-]. The molecule has 0 spiro atoms. The highest BCUT2D eigenvalue weighted by Gasteiger charge is 2.42. The fraction of sp³-hybridized carbons (Fsp3) is 0.500. The number of hydrogen-bond donors (Lipinski definition) is 1. The zero-order valence-corrected chi connectivity index (χ0v) is 11.0. The number of aliphatic hydroxyl groups is 1. The summed E-state index contributed by atoms with van der Waals surface area (Å²) in [5.41, 5.74) is 1.75. The maximum Gasteiger partial charge on any atom is 0.0546 e. The molecule has 94 valence electrons. The first-order chi connectivity index (χ1) is 7.99. The van der Waals surface area contributed by atoms with Gasteiger partial charge in [0.1, 0.15) is 0 Å². The molecule has 2 rings (SSSR count). The van der Waals surface area contributed by atoms with Gasteiger partial charge in [-0.05, 0) is 48.4 Å². The van der Waals surface area contributed by atoms with Crippen LogP contribution >= 0.6 is 11.6 Å². The Hall–Kier alpha value is -0.420. The summed E-state index contributed by atoms with van der Waals surface area (Å²) in [4.78, 5) is 0. The van der Waals surface area contributed by atoms with Crippen molar-refractivity contribution in [2.45, 2.75) is 31.1 Å². The van der Waals surface area contributed by atoms with Crippen molar-refractivity contribution < 1.29 is 13.9 Å². The lowest BCUT2D eigenvalue weighted by atomic mass is 10.0. The topological polar surface area (TPSA) is 60.4 Å². The van der Waals surface area contributed by atoms with Crippen molar-refractivity contribution in [1.82, 2.24) is 0 Å². The van der Waals surface area contributed by atoms with Gasteiger partial charge in [-0.15, -0.1) is 0 Å². The van der Waals surface area contributed by atoms with E-state index in [0.717, 1.165) is 17.5 Å². The molecule has 1 fully saturated rings. The van der Waals surface area contributed by atoms with Gasteiger partial charge in [0, 0.05) is 10.8 Å². The molecule has 1 N–H and O–H groups in total. The third-order valence-electron chi connectivity index (χ3n) is 3.24. The minimum absolute atomic E-state index is 0.0150. The Bertz CT molecular complexity index is 447. The molecule has 0 aromatic heterocycles. The second-order valence-electron chi connectivity index (χ2n) is 4.54. The van der Waals surface area contributed by atoms with Crippen LogP contribution < -0.4 is 0 Å². The molecule has 0 saturated heterocycles. The number of benzene rings is 1. The van der Waals surface area contributed by atoms with Crippen LogP contribution in [-0.2, 0) is 16.8 Å². The average molecular weight is 274 g/mol.